The van der Waals surface area contributed by atoms with E-state index >= 15 is 0 Å². The molecule has 2 aromatic rings. The van der Waals surface area contributed by atoms with Crippen LogP contribution in [0.3, 0.4) is 0 Å². The Morgan fingerprint density at radius 2 is 2.12 bits per heavy atom. The van der Waals surface area contributed by atoms with Crippen molar-refractivity contribution >= 4 is 39.0 Å². The van der Waals surface area contributed by atoms with Gasteiger partial charge in [0, 0.05) is 21.3 Å². The zero-order valence-electron chi connectivity index (χ0n) is 9.44. The van der Waals surface area contributed by atoms with Gasteiger partial charge >= 0.3 is 0 Å². The number of thiazole rings is 1. The number of halogens is 1. The Balaban J connectivity index is 1.90. The maximum Gasteiger partial charge on any atom is 0.103 e. The summed E-state index contributed by atoms with van der Waals surface area (Å²) in [5, 5.41) is 6.41. The van der Waals surface area contributed by atoms with Gasteiger partial charge in [0.1, 0.15) is 5.01 Å². The Bertz CT molecular complexity index is 468. The molecular weight excluding hydrogens is 316 g/mol. The molecule has 1 aromatic carbocycles. The summed E-state index contributed by atoms with van der Waals surface area (Å²) in [6.45, 7) is 0.847. The van der Waals surface area contributed by atoms with E-state index in [1.165, 1.54) is 9.90 Å². The largest absolute Gasteiger partial charge is 0.314 e. The first-order valence-electron chi connectivity index (χ1n) is 5.24. The summed E-state index contributed by atoms with van der Waals surface area (Å²) in [4.78, 5) is 5.83. The maximum absolute atomic E-state index is 4.56. The Morgan fingerprint density at radius 3 is 2.82 bits per heavy atom. The van der Waals surface area contributed by atoms with Crippen LogP contribution in [0, 0.1) is 0 Å². The lowest BCUT2D eigenvalue weighted by Crippen LogP contribution is -2.05. The molecule has 0 saturated carbocycles. The van der Waals surface area contributed by atoms with Crippen molar-refractivity contribution in [1.82, 2.24) is 10.3 Å². The molecule has 0 radical (unpaired) electrons. The van der Waals surface area contributed by atoms with Crippen molar-refractivity contribution in [2.24, 2.45) is 0 Å². The zero-order valence-corrected chi connectivity index (χ0v) is 12.7. The van der Waals surface area contributed by atoms with Crippen molar-refractivity contribution in [3.63, 3.8) is 0 Å². The molecule has 2 nitrogen and oxygen atoms in total. The Morgan fingerprint density at radius 1 is 1.35 bits per heavy atom. The summed E-state index contributed by atoms with van der Waals surface area (Å²) in [7, 11) is 1.94. The molecule has 1 heterocycles. The molecule has 1 N–H and O–H groups in total. The highest BCUT2D eigenvalue weighted by Gasteiger charge is 2.02. The van der Waals surface area contributed by atoms with Gasteiger partial charge in [-0.1, -0.05) is 15.9 Å². The third-order valence-electron chi connectivity index (χ3n) is 2.13. The van der Waals surface area contributed by atoms with E-state index in [2.05, 4.69) is 55.9 Å². The minimum Gasteiger partial charge on any atom is -0.314 e. The standard InChI is InChI=1S/C12H13BrN2S2/c1-14-6-10-7-17-12(15-10)8-16-11-4-2-9(13)3-5-11/h2-5,7,14H,6,8H2,1H3. The third-order valence-corrected chi connectivity index (χ3v) is 4.77. The van der Waals surface area contributed by atoms with Crippen LogP contribution < -0.4 is 5.32 Å². The molecule has 5 heteroatoms. The van der Waals surface area contributed by atoms with Gasteiger partial charge in [-0.25, -0.2) is 4.98 Å². The van der Waals surface area contributed by atoms with E-state index in [0.717, 1.165) is 22.5 Å². The van der Waals surface area contributed by atoms with Crippen LogP contribution in [-0.2, 0) is 12.3 Å². The van der Waals surface area contributed by atoms with Crippen molar-refractivity contribution in [3.8, 4) is 0 Å². The number of nitrogens with one attached hydrogen (secondary N) is 1. The van der Waals surface area contributed by atoms with Gasteiger partial charge in [-0.3, -0.25) is 0 Å². The zero-order chi connectivity index (χ0) is 12.1. The molecule has 2 rings (SSSR count). The fourth-order valence-corrected chi connectivity index (χ4v) is 3.33. The second kappa shape index (κ2) is 6.54. The highest BCUT2D eigenvalue weighted by molar-refractivity contribution is 9.10. The van der Waals surface area contributed by atoms with E-state index in [1.54, 1.807) is 11.3 Å². The fraction of sp³-hybridized carbons (Fsp3) is 0.250. The number of rotatable bonds is 5. The molecule has 0 aliphatic heterocycles. The first-order valence-corrected chi connectivity index (χ1v) is 7.90. The highest BCUT2D eigenvalue weighted by atomic mass is 79.9. The van der Waals surface area contributed by atoms with Gasteiger partial charge in [0.25, 0.3) is 0 Å². The quantitative estimate of drug-likeness (QED) is 0.842. The second-order valence-corrected chi connectivity index (χ2v) is 6.41. The van der Waals surface area contributed by atoms with Crippen molar-refractivity contribution in [2.45, 2.75) is 17.2 Å². The van der Waals surface area contributed by atoms with Crippen LogP contribution >= 0.6 is 39.0 Å². The van der Waals surface area contributed by atoms with E-state index in [1.807, 2.05) is 18.8 Å². The van der Waals surface area contributed by atoms with Gasteiger partial charge in [0.2, 0.25) is 0 Å². The first-order chi connectivity index (χ1) is 8.28. The van der Waals surface area contributed by atoms with E-state index in [0.29, 0.717) is 0 Å². The normalized spacial score (nSPS) is 10.7. The molecule has 0 fully saturated rings. The first kappa shape index (κ1) is 13.1. The lowest BCUT2D eigenvalue weighted by Gasteiger charge is -1.99. The van der Waals surface area contributed by atoms with Gasteiger partial charge in [0.05, 0.1) is 11.4 Å². The van der Waals surface area contributed by atoms with E-state index in [9.17, 15) is 0 Å². The Kier molecular flexibility index (Phi) is 5.03. The summed E-state index contributed by atoms with van der Waals surface area (Å²) in [6.07, 6.45) is 0. The monoisotopic (exact) mass is 328 g/mol. The molecule has 0 amide bonds. The topological polar surface area (TPSA) is 24.9 Å². The minimum absolute atomic E-state index is 0.847. The van der Waals surface area contributed by atoms with Crippen LogP contribution in [0.1, 0.15) is 10.7 Å². The van der Waals surface area contributed by atoms with Gasteiger partial charge < -0.3 is 5.32 Å². The van der Waals surface area contributed by atoms with Gasteiger partial charge in [-0.15, -0.1) is 23.1 Å². The molecule has 17 heavy (non-hydrogen) atoms. The molecule has 0 atom stereocenters. The number of nitrogens with zero attached hydrogens (tertiary/aromatic N) is 1. The van der Waals surface area contributed by atoms with Crippen LogP contribution in [0.15, 0.2) is 39.0 Å². The Labute approximate surface area is 118 Å². The number of hydrogen-bond donors (Lipinski definition) is 1. The number of benzene rings is 1. The van der Waals surface area contributed by atoms with E-state index in [-0.39, 0.29) is 0 Å². The number of thioether (sulfide) groups is 1. The molecule has 0 saturated heterocycles. The third kappa shape index (κ3) is 4.10. The van der Waals surface area contributed by atoms with Crippen molar-refractivity contribution in [1.29, 1.82) is 0 Å². The predicted molar refractivity (Wildman–Crippen MR) is 78.6 cm³/mol. The summed E-state index contributed by atoms with van der Waals surface area (Å²) >= 11 is 6.99. The molecule has 0 spiro atoms. The summed E-state index contributed by atoms with van der Waals surface area (Å²) in [6, 6.07) is 8.38. The predicted octanol–water partition coefficient (Wildman–Crippen LogP) is 3.92. The van der Waals surface area contributed by atoms with Crippen LogP contribution in [0.25, 0.3) is 0 Å². The summed E-state index contributed by atoms with van der Waals surface area (Å²) in [5.41, 5.74) is 1.13. The molecule has 0 bridgehead atoms. The summed E-state index contributed by atoms with van der Waals surface area (Å²) in [5.74, 6) is 0.940. The molecular formula is C12H13BrN2S2. The van der Waals surface area contributed by atoms with Crippen molar-refractivity contribution in [3.05, 3.63) is 44.8 Å². The average molecular weight is 329 g/mol. The van der Waals surface area contributed by atoms with Crippen LogP contribution in [0.5, 0.6) is 0 Å². The van der Waals surface area contributed by atoms with Crippen molar-refractivity contribution in [2.75, 3.05) is 7.05 Å². The number of hydrogen-bond acceptors (Lipinski definition) is 4. The van der Waals surface area contributed by atoms with Crippen LogP contribution in [0.2, 0.25) is 0 Å². The lowest BCUT2D eigenvalue weighted by atomic mass is 10.4. The minimum atomic E-state index is 0.847. The molecule has 0 unspecified atom stereocenters. The van der Waals surface area contributed by atoms with Crippen LogP contribution in [0.4, 0.5) is 0 Å². The second-order valence-electron chi connectivity index (χ2n) is 3.51. The van der Waals surface area contributed by atoms with Gasteiger partial charge in [-0.05, 0) is 31.3 Å². The number of aromatic nitrogens is 1. The van der Waals surface area contributed by atoms with E-state index in [4.69, 9.17) is 0 Å². The molecule has 0 aliphatic rings. The molecule has 0 aliphatic carbocycles. The SMILES string of the molecule is CNCc1csc(CSc2ccc(Br)cc2)n1. The van der Waals surface area contributed by atoms with Crippen LogP contribution in [-0.4, -0.2) is 12.0 Å². The summed E-state index contributed by atoms with van der Waals surface area (Å²) < 4.78 is 1.12. The molecule has 1 aromatic heterocycles. The lowest BCUT2D eigenvalue weighted by molar-refractivity contribution is 0.794. The Hall–Kier alpha value is -0.360. The van der Waals surface area contributed by atoms with Gasteiger partial charge in [-0.2, -0.15) is 0 Å². The smallest absolute Gasteiger partial charge is 0.103 e. The van der Waals surface area contributed by atoms with E-state index < -0.39 is 0 Å². The maximum atomic E-state index is 4.56. The van der Waals surface area contributed by atoms with Crippen molar-refractivity contribution < 1.29 is 0 Å². The fourth-order valence-electron chi connectivity index (χ4n) is 1.35. The highest BCUT2D eigenvalue weighted by Crippen LogP contribution is 2.25. The average Bonchev–Trinajstić information content (AvgIpc) is 2.77. The molecule has 90 valence electrons. The van der Waals surface area contributed by atoms with Gasteiger partial charge in [0.15, 0.2) is 0 Å².